The third-order valence-corrected chi connectivity index (χ3v) is 6.36. The molecule has 0 aliphatic heterocycles. The van der Waals surface area contributed by atoms with Crippen LogP contribution in [0, 0.1) is 11.3 Å². The van der Waals surface area contributed by atoms with Gasteiger partial charge in [0.2, 0.25) is 0 Å². The van der Waals surface area contributed by atoms with E-state index >= 15 is 0 Å². The average molecular weight is 352 g/mol. The van der Waals surface area contributed by atoms with Gasteiger partial charge in [0.05, 0.1) is 0 Å². The molecule has 0 spiro atoms. The first-order chi connectivity index (χ1) is 9.50. The van der Waals surface area contributed by atoms with Crippen LogP contribution in [0.15, 0.2) is 36.4 Å². The zero-order valence-electron chi connectivity index (χ0n) is 12.0. The first-order valence-corrected chi connectivity index (χ1v) is 8.61. The fraction of sp³-hybridized carbons (Fsp3) is 0.444. The Labute approximate surface area is 134 Å². The van der Waals surface area contributed by atoms with Gasteiger partial charge in [-0.3, -0.25) is 0 Å². The minimum atomic E-state index is 0.405. The van der Waals surface area contributed by atoms with Crippen LogP contribution in [-0.2, 0) is 0 Å². The summed E-state index contributed by atoms with van der Waals surface area (Å²) in [4.78, 5) is 0.405. The predicted octanol–water partition coefficient (Wildman–Crippen LogP) is 6.76. The van der Waals surface area contributed by atoms with Crippen LogP contribution < -0.4 is 0 Å². The summed E-state index contributed by atoms with van der Waals surface area (Å²) in [5.41, 5.74) is 1.79. The Bertz CT molecular complexity index is 632. The van der Waals surface area contributed by atoms with Gasteiger partial charge < -0.3 is 0 Å². The molecule has 2 unspecified atom stereocenters. The van der Waals surface area contributed by atoms with Crippen LogP contribution in [0.1, 0.15) is 43.5 Å². The summed E-state index contributed by atoms with van der Waals surface area (Å²) in [6.45, 7) is 4.80. The molecule has 0 heterocycles. The lowest BCUT2D eigenvalue weighted by Crippen LogP contribution is -2.21. The smallest absolute Gasteiger partial charge is 0.0484 e. The molecule has 0 N–H and O–H groups in total. The number of hydrogen-bond acceptors (Lipinski definition) is 0. The molecule has 1 aliphatic rings. The number of alkyl halides is 1. The lowest BCUT2D eigenvalue weighted by atomic mass is 9.78. The molecule has 3 rings (SSSR count). The second kappa shape index (κ2) is 5.35. The molecule has 0 radical (unpaired) electrons. The van der Waals surface area contributed by atoms with Gasteiger partial charge in [-0.05, 0) is 41.2 Å². The third-order valence-electron chi connectivity index (χ3n) is 4.89. The topological polar surface area (TPSA) is 0 Å². The molecule has 1 saturated carbocycles. The molecule has 106 valence electrons. The van der Waals surface area contributed by atoms with Crippen LogP contribution in [0.3, 0.4) is 0 Å². The summed E-state index contributed by atoms with van der Waals surface area (Å²) in [7, 11) is 0. The van der Waals surface area contributed by atoms with E-state index in [0.717, 1.165) is 10.4 Å². The number of hydrogen-bond donors (Lipinski definition) is 0. The van der Waals surface area contributed by atoms with Crippen LogP contribution in [0.25, 0.3) is 10.8 Å². The Kier molecular flexibility index (Phi) is 3.85. The highest BCUT2D eigenvalue weighted by atomic mass is 79.9. The zero-order valence-corrected chi connectivity index (χ0v) is 14.3. The molecule has 0 amide bonds. The molecule has 0 bridgehead atoms. The predicted molar refractivity (Wildman–Crippen MR) is 91.7 cm³/mol. The molecule has 0 nitrogen and oxygen atoms in total. The quantitative estimate of drug-likeness (QED) is 0.524. The van der Waals surface area contributed by atoms with Gasteiger partial charge in [-0.25, -0.2) is 0 Å². The summed E-state index contributed by atoms with van der Waals surface area (Å²) in [6, 6.07) is 12.7. The fourth-order valence-corrected chi connectivity index (χ4v) is 5.25. The molecule has 1 aliphatic carbocycles. The van der Waals surface area contributed by atoms with Crippen molar-refractivity contribution >= 4 is 38.3 Å². The lowest BCUT2D eigenvalue weighted by molar-refractivity contribution is 0.257. The van der Waals surface area contributed by atoms with E-state index in [1.165, 1.54) is 30.2 Å². The molecule has 0 saturated heterocycles. The molecule has 1 fully saturated rings. The monoisotopic (exact) mass is 350 g/mol. The Balaban J connectivity index is 2.08. The molecule has 0 aromatic heterocycles. The second-order valence-electron chi connectivity index (χ2n) is 6.57. The van der Waals surface area contributed by atoms with E-state index in [1.54, 1.807) is 0 Å². The summed E-state index contributed by atoms with van der Waals surface area (Å²) in [5, 5.41) is 3.28. The number of rotatable bonds is 2. The van der Waals surface area contributed by atoms with Crippen LogP contribution >= 0.6 is 27.5 Å². The van der Waals surface area contributed by atoms with Gasteiger partial charge in [0.25, 0.3) is 0 Å². The molecule has 2 aromatic carbocycles. The number of benzene rings is 2. The van der Waals surface area contributed by atoms with Gasteiger partial charge in [0.1, 0.15) is 0 Å². The maximum Gasteiger partial charge on any atom is 0.0484 e. The summed E-state index contributed by atoms with van der Waals surface area (Å²) in [5.74, 6) is 0.687. The average Bonchev–Trinajstić information content (AvgIpc) is 2.78. The first kappa shape index (κ1) is 14.4. The SMILES string of the molecule is CC1(C)CCCC1C(Br)c1ccc(Cl)c2ccccc12. The van der Waals surface area contributed by atoms with E-state index in [9.17, 15) is 0 Å². The summed E-state index contributed by atoms with van der Waals surface area (Å²) >= 11 is 10.3. The minimum absolute atomic E-state index is 0.405. The van der Waals surface area contributed by atoms with E-state index in [4.69, 9.17) is 11.6 Å². The van der Waals surface area contributed by atoms with Crippen LogP contribution in [0.4, 0.5) is 0 Å². The molecular weight excluding hydrogens is 332 g/mol. The maximum atomic E-state index is 6.33. The highest BCUT2D eigenvalue weighted by Crippen LogP contribution is 2.53. The molecule has 2 atom stereocenters. The lowest BCUT2D eigenvalue weighted by Gasteiger charge is -2.32. The van der Waals surface area contributed by atoms with Crippen molar-refractivity contribution in [3.8, 4) is 0 Å². The largest absolute Gasteiger partial charge is 0.0837 e. The third kappa shape index (κ3) is 2.40. The Hall–Kier alpha value is -0.530. The Morgan fingerprint density at radius 1 is 1.15 bits per heavy atom. The van der Waals surface area contributed by atoms with Crippen molar-refractivity contribution in [2.75, 3.05) is 0 Å². The van der Waals surface area contributed by atoms with Crippen molar-refractivity contribution in [3.63, 3.8) is 0 Å². The van der Waals surface area contributed by atoms with Gasteiger partial charge in [-0.2, -0.15) is 0 Å². The number of fused-ring (bicyclic) bond motifs is 1. The van der Waals surface area contributed by atoms with E-state index in [0.29, 0.717) is 16.2 Å². The van der Waals surface area contributed by atoms with Crippen molar-refractivity contribution in [1.82, 2.24) is 0 Å². The molecule has 20 heavy (non-hydrogen) atoms. The van der Waals surface area contributed by atoms with Gasteiger partial charge in [0.15, 0.2) is 0 Å². The second-order valence-corrected chi connectivity index (χ2v) is 7.96. The molecule has 2 aromatic rings. The van der Waals surface area contributed by atoms with E-state index in [2.05, 4.69) is 60.1 Å². The van der Waals surface area contributed by atoms with Gasteiger partial charge >= 0.3 is 0 Å². The normalized spacial score (nSPS) is 23.1. The van der Waals surface area contributed by atoms with E-state index in [1.807, 2.05) is 6.07 Å². The van der Waals surface area contributed by atoms with Crippen LogP contribution in [0.5, 0.6) is 0 Å². The minimum Gasteiger partial charge on any atom is -0.0837 e. The first-order valence-electron chi connectivity index (χ1n) is 7.32. The van der Waals surface area contributed by atoms with Crippen molar-refractivity contribution < 1.29 is 0 Å². The Morgan fingerprint density at radius 2 is 1.85 bits per heavy atom. The summed E-state index contributed by atoms with van der Waals surface area (Å²) in [6.07, 6.45) is 3.97. The standard InChI is InChI=1S/C18H20BrCl/c1-18(2)11-5-8-15(18)17(19)14-9-10-16(20)13-7-4-3-6-12(13)14/h3-4,6-7,9-10,15,17H,5,8,11H2,1-2H3. The van der Waals surface area contributed by atoms with E-state index < -0.39 is 0 Å². The fourth-order valence-electron chi connectivity index (χ4n) is 3.64. The Morgan fingerprint density at radius 3 is 2.50 bits per heavy atom. The summed E-state index contributed by atoms with van der Waals surface area (Å²) < 4.78 is 0. The van der Waals surface area contributed by atoms with Gasteiger partial charge in [0, 0.05) is 15.2 Å². The molecular formula is C18H20BrCl. The van der Waals surface area contributed by atoms with Crippen molar-refractivity contribution in [1.29, 1.82) is 0 Å². The van der Waals surface area contributed by atoms with Crippen LogP contribution in [0.2, 0.25) is 5.02 Å². The van der Waals surface area contributed by atoms with E-state index in [-0.39, 0.29) is 0 Å². The molecule has 2 heteroatoms. The number of halogens is 2. The van der Waals surface area contributed by atoms with Crippen molar-refractivity contribution in [2.24, 2.45) is 11.3 Å². The van der Waals surface area contributed by atoms with Crippen LogP contribution in [-0.4, -0.2) is 0 Å². The van der Waals surface area contributed by atoms with Crippen molar-refractivity contribution in [2.45, 2.75) is 37.9 Å². The van der Waals surface area contributed by atoms with Crippen molar-refractivity contribution in [3.05, 3.63) is 47.0 Å². The maximum absolute atomic E-state index is 6.33. The highest BCUT2D eigenvalue weighted by molar-refractivity contribution is 9.09. The highest BCUT2D eigenvalue weighted by Gasteiger charge is 2.39. The van der Waals surface area contributed by atoms with Gasteiger partial charge in [-0.15, -0.1) is 0 Å². The van der Waals surface area contributed by atoms with Gasteiger partial charge in [-0.1, -0.05) is 78.1 Å². The zero-order chi connectivity index (χ0) is 14.3.